The number of anilines is 1. The number of imide groups is 1. The highest BCUT2D eigenvalue weighted by Crippen LogP contribution is 2.38. The molecule has 1 saturated carbocycles. The van der Waals surface area contributed by atoms with Crippen LogP contribution >= 0.6 is 0 Å². The molecular weight excluding hydrogens is 289 g/mol. The first kappa shape index (κ1) is 14.7. The van der Waals surface area contributed by atoms with E-state index in [0.29, 0.717) is 25.1 Å². The van der Waals surface area contributed by atoms with Crippen molar-refractivity contribution in [2.75, 3.05) is 11.9 Å². The second kappa shape index (κ2) is 5.51. The molecule has 0 aromatic carbocycles. The molecule has 7 nitrogen and oxygen atoms in total. The van der Waals surface area contributed by atoms with Crippen LogP contribution in [0.4, 0.5) is 15.0 Å². The quantitative estimate of drug-likeness (QED) is 0.720. The number of aryl methyl sites for hydroxylation is 1. The zero-order valence-corrected chi connectivity index (χ0v) is 12.3. The third-order valence-electron chi connectivity index (χ3n) is 4.50. The maximum atomic E-state index is 14.1. The van der Waals surface area contributed by atoms with Crippen LogP contribution in [0.15, 0.2) is 6.33 Å². The minimum atomic E-state index is -0.874. The van der Waals surface area contributed by atoms with Crippen LogP contribution in [-0.2, 0) is 11.2 Å². The first-order valence-corrected chi connectivity index (χ1v) is 7.43. The fraction of sp³-hybridized carbons (Fsp3) is 0.571. The first-order valence-electron chi connectivity index (χ1n) is 7.43. The van der Waals surface area contributed by atoms with Crippen LogP contribution in [0.25, 0.3) is 0 Å². The summed E-state index contributed by atoms with van der Waals surface area (Å²) < 4.78 is 14.1. The summed E-state index contributed by atoms with van der Waals surface area (Å²) in [6.07, 6.45) is 4.03. The van der Waals surface area contributed by atoms with E-state index >= 15 is 0 Å². The van der Waals surface area contributed by atoms with E-state index in [4.69, 9.17) is 0 Å². The van der Waals surface area contributed by atoms with Crippen LogP contribution in [0.5, 0.6) is 0 Å². The summed E-state index contributed by atoms with van der Waals surface area (Å²) in [6, 6.07) is -0.460. The van der Waals surface area contributed by atoms with E-state index in [1.165, 1.54) is 6.33 Å². The van der Waals surface area contributed by atoms with Crippen molar-refractivity contribution >= 4 is 17.8 Å². The molecular formula is C14H18FN5O2. The molecule has 1 aliphatic carbocycles. The summed E-state index contributed by atoms with van der Waals surface area (Å²) >= 11 is 0. The molecule has 2 atom stereocenters. The lowest BCUT2D eigenvalue weighted by Crippen LogP contribution is -2.51. The second-order valence-electron chi connectivity index (χ2n) is 5.69. The van der Waals surface area contributed by atoms with Crippen LogP contribution in [0, 0.1) is 11.7 Å². The number of amides is 3. The lowest BCUT2D eigenvalue weighted by atomic mass is 9.87. The van der Waals surface area contributed by atoms with Crippen molar-refractivity contribution in [3.05, 3.63) is 17.8 Å². The Bertz CT molecular complexity index is 623. The van der Waals surface area contributed by atoms with Crippen molar-refractivity contribution in [2.24, 2.45) is 5.92 Å². The number of urea groups is 1. The number of nitrogens with one attached hydrogen (secondary N) is 3. The number of aromatic nitrogens is 2. The molecule has 2 heterocycles. The van der Waals surface area contributed by atoms with Gasteiger partial charge in [-0.2, -0.15) is 0 Å². The normalized spacial score (nSPS) is 27.1. The number of rotatable bonds is 4. The molecule has 0 bridgehead atoms. The van der Waals surface area contributed by atoms with Gasteiger partial charge < -0.3 is 10.6 Å². The topological polar surface area (TPSA) is 96.0 Å². The van der Waals surface area contributed by atoms with Crippen molar-refractivity contribution in [1.82, 2.24) is 20.6 Å². The van der Waals surface area contributed by atoms with Crippen LogP contribution in [0.3, 0.4) is 0 Å². The predicted octanol–water partition coefficient (Wildman–Crippen LogP) is 0.968. The van der Waals surface area contributed by atoms with E-state index < -0.39 is 17.4 Å². The van der Waals surface area contributed by atoms with Gasteiger partial charge in [-0.1, -0.05) is 13.3 Å². The van der Waals surface area contributed by atoms with E-state index in [9.17, 15) is 14.0 Å². The minimum absolute atomic E-state index is 0.0987. The second-order valence-corrected chi connectivity index (χ2v) is 5.69. The summed E-state index contributed by atoms with van der Waals surface area (Å²) in [6.45, 7) is 2.18. The Morgan fingerprint density at radius 3 is 2.95 bits per heavy atom. The smallest absolute Gasteiger partial charge is 0.322 e. The van der Waals surface area contributed by atoms with Crippen molar-refractivity contribution in [3.8, 4) is 0 Å². The van der Waals surface area contributed by atoms with Gasteiger partial charge in [-0.15, -0.1) is 0 Å². The van der Waals surface area contributed by atoms with Gasteiger partial charge in [-0.25, -0.2) is 19.2 Å². The van der Waals surface area contributed by atoms with Crippen molar-refractivity contribution in [3.63, 3.8) is 0 Å². The third kappa shape index (κ3) is 2.28. The van der Waals surface area contributed by atoms with Gasteiger partial charge in [0, 0.05) is 12.5 Å². The van der Waals surface area contributed by atoms with Gasteiger partial charge in [0.1, 0.15) is 11.9 Å². The molecule has 1 saturated heterocycles. The average molecular weight is 307 g/mol. The summed E-state index contributed by atoms with van der Waals surface area (Å²) in [7, 11) is 0. The van der Waals surface area contributed by atoms with Gasteiger partial charge in [-0.05, 0) is 19.3 Å². The number of carbonyl (C=O) groups is 2. The van der Waals surface area contributed by atoms with Crippen LogP contribution in [-0.4, -0.2) is 34.0 Å². The predicted molar refractivity (Wildman–Crippen MR) is 76.6 cm³/mol. The Morgan fingerprint density at radius 1 is 1.45 bits per heavy atom. The number of hydrogen-bond donors (Lipinski definition) is 3. The van der Waals surface area contributed by atoms with E-state index in [-0.39, 0.29) is 17.6 Å². The molecule has 3 rings (SSSR count). The molecule has 1 aromatic heterocycles. The highest BCUT2D eigenvalue weighted by molar-refractivity contribution is 6.07. The van der Waals surface area contributed by atoms with E-state index in [2.05, 4.69) is 25.9 Å². The maximum absolute atomic E-state index is 14.1. The average Bonchev–Trinajstić information content (AvgIpc) is 3.02. The fourth-order valence-corrected chi connectivity index (χ4v) is 3.32. The third-order valence-corrected chi connectivity index (χ3v) is 4.50. The monoisotopic (exact) mass is 307 g/mol. The van der Waals surface area contributed by atoms with Crippen LogP contribution in [0.2, 0.25) is 0 Å². The Balaban J connectivity index is 1.74. The Labute approximate surface area is 127 Å². The van der Waals surface area contributed by atoms with Gasteiger partial charge in [0.05, 0.1) is 5.69 Å². The van der Waals surface area contributed by atoms with E-state index in [0.717, 1.165) is 12.8 Å². The SMILES string of the molecule is CCc1ncnc(NC[C@@H]2CCC[C@@]23NC(=O)NC3=O)c1F. The molecule has 3 N–H and O–H groups in total. The Morgan fingerprint density at radius 2 is 2.27 bits per heavy atom. The van der Waals surface area contributed by atoms with Gasteiger partial charge in [0.15, 0.2) is 11.6 Å². The molecule has 2 fully saturated rings. The summed E-state index contributed by atoms with van der Waals surface area (Å²) in [5.74, 6) is -0.715. The molecule has 1 aromatic rings. The maximum Gasteiger partial charge on any atom is 0.322 e. The summed E-state index contributed by atoms with van der Waals surface area (Å²) in [5.41, 5.74) is -0.521. The van der Waals surface area contributed by atoms with Crippen molar-refractivity contribution < 1.29 is 14.0 Å². The molecule has 118 valence electrons. The molecule has 8 heteroatoms. The zero-order valence-electron chi connectivity index (χ0n) is 12.3. The molecule has 3 amide bonds. The fourth-order valence-electron chi connectivity index (χ4n) is 3.32. The van der Waals surface area contributed by atoms with Crippen LogP contribution in [0.1, 0.15) is 31.9 Å². The van der Waals surface area contributed by atoms with Gasteiger partial charge >= 0.3 is 6.03 Å². The summed E-state index contributed by atoms with van der Waals surface area (Å²) in [5, 5.41) is 7.99. The number of hydrogen-bond acceptors (Lipinski definition) is 5. The van der Waals surface area contributed by atoms with Crippen molar-refractivity contribution in [1.29, 1.82) is 0 Å². The number of halogens is 1. The number of carbonyl (C=O) groups excluding carboxylic acids is 2. The lowest BCUT2D eigenvalue weighted by Gasteiger charge is -2.28. The van der Waals surface area contributed by atoms with Gasteiger partial charge in [0.25, 0.3) is 5.91 Å². The van der Waals surface area contributed by atoms with Crippen molar-refractivity contribution in [2.45, 2.75) is 38.1 Å². The standard InChI is InChI=1S/C14H18FN5O2/c1-2-9-10(15)11(18-7-17-9)16-6-8-4-3-5-14(8)12(21)19-13(22)20-14/h7-8H,2-6H2,1H3,(H,16,17,18)(H2,19,20,21,22)/t8-,14+/m0/s1. The van der Waals surface area contributed by atoms with E-state index in [1.54, 1.807) is 0 Å². The highest BCUT2D eigenvalue weighted by Gasteiger charge is 2.54. The lowest BCUT2D eigenvalue weighted by molar-refractivity contribution is -0.125. The Kier molecular flexibility index (Phi) is 3.67. The minimum Gasteiger partial charge on any atom is -0.367 e. The molecule has 1 spiro atoms. The van der Waals surface area contributed by atoms with Gasteiger partial charge in [-0.3, -0.25) is 10.1 Å². The van der Waals surface area contributed by atoms with Crippen LogP contribution < -0.4 is 16.0 Å². The zero-order chi connectivity index (χ0) is 15.7. The molecule has 22 heavy (non-hydrogen) atoms. The van der Waals surface area contributed by atoms with E-state index in [1.807, 2.05) is 6.92 Å². The largest absolute Gasteiger partial charge is 0.367 e. The molecule has 0 radical (unpaired) electrons. The van der Waals surface area contributed by atoms with Gasteiger partial charge in [0.2, 0.25) is 0 Å². The molecule has 1 aliphatic heterocycles. The number of nitrogens with zero attached hydrogens (tertiary/aromatic N) is 2. The molecule has 2 aliphatic rings. The highest BCUT2D eigenvalue weighted by atomic mass is 19.1. The molecule has 0 unspecified atom stereocenters. The Hall–Kier alpha value is -2.25. The first-order chi connectivity index (χ1) is 10.6. The summed E-state index contributed by atoms with van der Waals surface area (Å²) in [4.78, 5) is 31.3.